The summed E-state index contributed by atoms with van der Waals surface area (Å²) >= 11 is 1.42. The zero-order valence-corrected chi connectivity index (χ0v) is 11.1. The molecule has 0 unspecified atom stereocenters. The van der Waals surface area contributed by atoms with Crippen molar-refractivity contribution in [1.82, 2.24) is 5.32 Å². The van der Waals surface area contributed by atoms with Crippen LogP contribution in [0, 0.1) is 17.8 Å². The lowest BCUT2D eigenvalue weighted by molar-refractivity contribution is 0.0943. The molecule has 18 heavy (non-hydrogen) atoms. The van der Waals surface area contributed by atoms with Crippen LogP contribution in [0.5, 0.6) is 0 Å². The highest BCUT2D eigenvalue weighted by molar-refractivity contribution is 7.12. The third-order valence-corrected chi connectivity index (χ3v) is 4.02. The number of rotatable bonds is 4. The van der Waals surface area contributed by atoms with Gasteiger partial charge in [-0.3, -0.25) is 4.79 Å². The van der Waals surface area contributed by atoms with Crippen molar-refractivity contribution < 1.29 is 9.90 Å². The van der Waals surface area contributed by atoms with E-state index in [1.807, 2.05) is 11.4 Å². The van der Waals surface area contributed by atoms with E-state index in [1.54, 1.807) is 0 Å². The van der Waals surface area contributed by atoms with Gasteiger partial charge in [-0.1, -0.05) is 18.3 Å². The normalized spacial score (nSPS) is 14.5. The van der Waals surface area contributed by atoms with E-state index in [0.29, 0.717) is 17.2 Å². The van der Waals surface area contributed by atoms with E-state index in [2.05, 4.69) is 17.2 Å². The molecule has 0 saturated heterocycles. The van der Waals surface area contributed by atoms with Gasteiger partial charge in [0.2, 0.25) is 0 Å². The smallest absolute Gasteiger partial charge is 0.262 e. The van der Waals surface area contributed by atoms with Gasteiger partial charge >= 0.3 is 0 Å². The standard InChI is InChI=1S/C14H17NO2S/c16-8-2-1-6-12-7-9-18-13(12)14(17)15-10-11-4-3-5-11/h7,9,11,16H,2-5,8,10H2,(H,15,17). The Kier molecular flexibility index (Phi) is 4.80. The highest BCUT2D eigenvalue weighted by Gasteiger charge is 2.19. The van der Waals surface area contributed by atoms with Crippen LogP contribution in [0.15, 0.2) is 11.4 Å². The number of hydrogen-bond acceptors (Lipinski definition) is 3. The predicted molar refractivity (Wildman–Crippen MR) is 72.6 cm³/mol. The van der Waals surface area contributed by atoms with E-state index >= 15 is 0 Å². The molecule has 4 heteroatoms. The van der Waals surface area contributed by atoms with Gasteiger partial charge in [0.05, 0.1) is 6.61 Å². The first kappa shape index (κ1) is 13.1. The summed E-state index contributed by atoms with van der Waals surface area (Å²) in [5, 5.41) is 13.5. The lowest BCUT2D eigenvalue weighted by Crippen LogP contribution is -2.32. The predicted octanol–water partition coefficient (Wildman–Crippen LogP) is 2.01. The molecule has 1 heterocycles. The lowest BCUT2D eigenvalue weighted by Gasteiger charge is -2.25. The molecule has 0 spiro atoms. The minimum atomic E-state index is -0.0230. The van der Waals surface area contributed by atoms with Crippen LogP contribution in [0.4, 0.5) is 0 Å². The summed E-state index contributed by atoms with van der Waals surface area (Å²) in [6.07, 6.45) is 4.19. The molecule has 2 rings (SSSR count). The highest BCUT2D eigenvalue weighted by Crippen LogP contribution is 2.25. The molecular formula is C14H17NO2S. The second-order valence-electron chi connectivity index (χ2n) is 4.45. The molecule has 3 nitrogen and oxygen atoms in total. The van der Waals surface area contributed by atoms with Gasteiger partial charge in [0, 0.05) is 18.5 Å². The van der Waals surface area contributed by atoms with E-state index < -0.39 is 0 Å². The van der Waals surface area contributed by atoms with E-state index in [-0.39, 0.29) is 12.5 Å². The van der Waals surface area contributed by atoms with Crippen LogP contribution in [-0.4, -0.2) is 24.2 Å². The van der Waals surface area contributed by atoms with Crippen molar-refractivity contribution in [3.63, 3.8) is 0 Å². The SMILES string of the molecule is O=C(NCC1CCC1)c1sccc1C#CCCO. The molecule has 2 N–H and O–H groups in total. The summed E-state index contributed by atoms with van der Waals surface area (Å²) in [4.78, 5) is 12.7. The minimum Gasteiger partial charge on any atom is -0.395 e. The second-order valence-corrected chi connectivity index (χ2v) is 5.36. The number of hydrogen-bond donors (Lipinski definition) is 2. The maximum atomic E-state index is 12.0. The molecule has 1 saturated carbocycles. The number of amides is 1. The average molecular weight is 263 g/mol. The van der Waals surface area contributed by atoms with Crippen LogP contribution in [0.25, 0.3) is 0 Å². The van der Waals surface area contributed by atoms with Crippen molar-refractivity contribution in [1.29, 1.82) is 0 Å². The van der Waals surface area contributed by atoms with Gasteiger partial charge in [0.1, 0.15) is 4.88 Å². The largest absolute Gasteiger partial charge is 0.395 e. The summed E-state index contributed by atoms with van der Waals surface area (Å²) in [6, 6.07) is 1.85. The molecule has 1 fully saturated rings. The first-order valence-electron chi connectivity index (χ1n) is 6.26. The van der Waals surface area contributed by atoms with E-state index in [4.69, 9.17) is 5.11 Å². The quantitative estimate of drug-likeness (QED) is 0.816. The van der Waals surface area contributed by atoms with Gasteiger partial charge in [-0.15, -0.1) is 11.3 Å². The molecule has 0 aromatic carbocycles. The number of aliphatic hydroxyl groups is 1. The number of carbonyl (C=O) groups is 1. The van der Waals surface area contributed by atoms with Crippen molar-refractivity contribution in [2.75, 3.05) is 13.2 Å². The Morgan fingerprint density at radius 2 is 2.39 bits per heavy atom. The molecule has 0 radical (unpaired) electrons. The zero-order chi connectivity index (χ0) is 12.8. The molecule has 96 valence electrons. The van der Waals surface area contributed by atoms with Crippen molar-refractivity contribution in [3.8, 4) is 11.8 Å². The number of aliphatic hydroxyl groups excluding tert-OH is 1. The average Bonchev–Trinajstić information content (AvgIpc) is 2.75. The zero-order valence-electron chi connectivity index (χ0n) is 10.2. The summed E-state index contributed by atoms with van der Waals surface area (Å²) in [6.45, 7) is 0.834. The van der Waals surface area contributed by atoms with E-state index in [9.17, 15) is 4.79 Å². The van der Waals surface area contributed by atoms with Crippen molar-refractivity contribution in [2.24, 2.45) is 5.92 Å². The fourth-order valence-electron chi connectivity index (χ4n) is 1.81. The number of carbonyl (C=O) groups excluding carboxylic acids is 1. The van der Waals surface area contributed by atoms with Gasteiger partial charge in [0.15, 0.2) is 0 Å². The molecule has 1 aliphatic carbocycles. The van der Waals surface area contributed by atoms with Gasteiger partial charge in [-0.05, 0) is 30.2 Å². The molecule has 1 aromatic heterocycles. The van der Waals surface area contributed by atoms with Crippen molar-refractivity contribution in [2.45, 2.75) is 25.7 Å². The molecule has 1 amide bonds. The Labute approximate surface area is 111 Å². The summed E-state index contributed by atoms with van der Waals surface area (Å²) < 4.78 is 0. The summed E-state index contributed by atoms with van der Waals surface area (Å²) in [5.74, 6) is 6.42. The fraction of sp³-hybridized carbons (Fsp3) is 0.500. The van der Waals surface area contributed by atoms with Crippen molar-refractivity contribution in [3.05, 3.63) is 21.9 Å². The molecule has 0 atom stereocenters. The van der Waals surface area contributed by atoms with Gasteiger partial charge in [0.25, 0.3) is 5.91 Å². The molecule has 0 aliphatic heterocycles. The van der Waals surface area contributed by atoms with Gasteiger partial charge in [-0.2, -0.15) is 0 Å². The maximum Gasteiger partial charge on any atom is 0.262 e. The Morgan fingerprint density at radius 1 is 1.56 bits per heavy atom. The van der Waals surface area contributed by atoms with Crippen LogP contribution in [0.1, 0.15) is 40.9 Å². The van der Waals surface area contributed by atoms with E-state index in [1.165, 1.54) is 30.6 Å². The van der Waals surface area contributed by atoms with Crippen LogP contribution in [0.3, 0.4) is 0 Å². The molecule has 1 aromatic rings. The fourth-order valence-corrected chi connectivity index (χ4v) is 2.58. The van der Waals surface area contributed by atoms with Crippen LogP contribution >= 0.6 is 11.3 Å². The third kappa shape index (κ3) is 3.34. The second kappa shape index (κ2) is 6.58. The molecule has 0 bridgehead atoms. The summed E-state index contributed by atoms with van der Waals surface area (Å²) in [7, 11) is 0. The first-order chi connectivity index (χ1) is 8.81. The monoisotopic (exact) mass is 263 g/mol. The Balaban J connectivity index is 1.93. The van der Waals surface area contributed by atoms with Crippen molar-refractivity contribution >= 4 is 17.2 Å². The number of nitrogens with one attached hydrogen (secondary N) is 1. The molecule has 1 aliphatic rings. The van der Waals surface area contributed by atoms with Crippen LogP contribution in [-0.2, 0) is 0 Å². The third-order valence-electron chi connectivity index (χ3n) is 3.11. The Bertz CT molecular complexity index is 466. The highest BCUT2D eigenvalue weighted by atomic mass is 32.1. The molecular weight excluding hydrogens is 246 g/mol. The topological polar surface area (TPSA) is 49.3 Å². The van der Waals surface area contributed by atoms with Gasteiger partial charge in [-0.25, -0.2) is 0 Å². The van der Waals surface area contributed by atoms with Gasteiger partial charge < -0.3 is 10.4 Å². The summed E-state index contributed by atoms with van der Waals surface area (Å²) in [5.41, 5.74) is 0.763. The Hall–Kier alpha value is -1.31. The Morgan fingerprint density at radius 3 is 3.06 bits per heavy atom. The minimum absolute atomic E-state index is 0.0230. The van der Waals surface area contributed by atoms with Crippen LogP contribution in [0.2, 0.25) is 0 Å². The van der Waals surface area contributed by atoms with Crippen LogP contribution < -0.4 is 5.32 Å². The number of thiophene rings is 1. The van der Waals surface area contributed by atoms with E-state index in [0.717, 1.165) is 12.1 Å². The lowest BCUT2D eigenvalue weighted by atomic mass is 9.85. The maximum absolute atomic E-state index is 12.0. The first-order valence-corrected chi connectivity index (χ1v) is 7.14.